The van der Waals surface area contributed by atoms with Crippen LogP contribution in [0.5, 0.6) is 5.75 Å². The predicted molar refractivity (Wildman–Crippen MR) is 128 cm³/mol. The molecule has 1 atom stereocenters. The highest BCUT2D eigenvalue weighted by Gasteiger charge is 2.24. The number of rotatable bonds is 14. The molecule has 0 heterocycles. The molecule has 0 bridgehead atoms. The fraction of sp³-hybridized carbons (Fsp3) is 0.565. The van der Waals surface area contributed by atoms with Crippen LogP contribution in [0.4, 0.5) is 5.69 Å². The first kappa shape index (κ1) is 28.9. The summed E-state index contributed by atoms with van der Waals surface area (Å²) in [5, 5.41) is 10.6. The van der Waals surface area contributed by atoms with Crippen LogP contribution in [0.3, 0.4) is 0 Å². The SMILES string of the molecule is CNCC(=O)NC(C(=O)NCC(=O)Nc1ccc(COC(=O)C(C)C)cc1OCCN)C(C)C. The fourth-order valence-electron chi connectivity index (χ4n) is 2.76. The molecular weight excluding hydrogens is 442 g/mol. The first-order valence-corrected chi connectivity index (χ1v) is 11.2. The van der Waals surface area contributed by atoms with E-state index in [0.717, 1.165) is 0 Å². The van der Waals surface area contributed by atoms with Gasteiger partial charge in [-0.15, -0.1) is 0 Å². The van der Waals surface area contributed by atoms with Crippen molar-refractivity contribution in [2.24, 2.45) is 17.6 Å². The third kappa shape index (κ3) is 10.2. The van der Waals surface area contributed by atoms with Crippen molar-refractivity contribution in [2.45, 2.75) is 40.3 Å². The highest BCUT2D eigenvalue weighted by Crippen LogP contribution is 2.26. The maximum atomic E-state index is 12.5. The van der Waals surface area contributed by atoms with Gasteiger partial charge in [-0.2, -0.15) is 0 Å². The number of likely N-dealkylation sites (N-methyl/N-ethyl adjacent to an activating group) is 1. The zero-order valence-electron chi connectivity index (χ0n) is 20.5. The highest BCUT2D eigenvalue weighted by molar-refractivity contribution is 5.97. The Kier molecular flexibility index (Phi) is 12.6. The second kappa shape index (κ2) is 14.9. The molecule has 1 aromatic rings. The van der Waals surface area contributed by atoms with Gasteiger partial charge in [0.05, 0.1) is 24.7 Å². The first-order chi connectivity index (χ1) is 16.1. The summed E-state index contributed by atoms with van der Waals surface area (Å²) in [6.45, 7) is 7.42. The van der Waals surface area contributed by atoms with Crippen LogP contribution < -0.4 is 31.7 Å². The molecule has 0 saturated carbocycles. The van der Waals surface area contributed by atoms with Crippen LogP contribution in [0.1, 0.15) is 33.3 Å². The van der Waals surface area contributed by atoms with Crippen molar-refractivity contribution in [3.63, 3.8) is 0 Å². The Labute approximate surface area is 200 Å². The highest BCUT2D eigenvalue weighted by atomic mass is 16.5. The third-order valence-electron chi connectivity index (χ3n) is 4.57. The van der Waals surface area contributed by atoms with Crippen LogP contribution >= 0.6 is 0 Å². The van der Waals surface area contributed by atoms with Crippen molar-refractivity contribution in [2.75, 3.05) is 38.6 Å². The van der Waals surface area contributed by atoms with E-state index in [2.05, 4.69) is 21.3 Å². The summed E-state index contributed by atoms with van der Waals surface area (Å²) in [4.78, 5) is 48.5. The molecule has 0 aliphatic heterocycles. The lowest BCUT2D eigenvalue weighted by molar-refractivity contribution is -0.148. The van der Waals surface area contributed by atoms with Gasteiger partial charge < -0.3 is 36.5 Å². The van der Waals surface area contributed by atoms with E-state index in [9.17, 15) is 19.2 Å². The minimum atomic E-state index is -0.773. The van der Waals surface area contributed by atoms with Gasteiger partial charge in [-0.1, -0.05) is 33.8 Å². The van der Waals surface area contributed by atoms with E-state index >= 15 is 0 Å². The number of amides is 3. The molecular formula is C23H37N5O6. The van der Waals surface area contributed by atoms with Crippen molar-refractivity contribution in [3.8, 4) is 5.75 Å². The first-order valence-electron chi connectivity index (χ1n) is 11.2. The molecule has 0 saturated heterocycles. The molecule has 1 unspecified atom stereocenters. The Balaban J connectivity index is 2.78. The Morgan fingerprint density at radius 3 is 2.32 bits per heavy atom. The number of hydrogen-bond donors (Lipinski definition) is 5. The molecule has 0 aliphatic carbocycles. The van der Waals surface area contributed by atoms with Crippen molar-refractivity contribution < 1.29 is 28.7 Å². The fourth-order valence-corrected chi connectivity index (χ4v) is 2.76. The van der Waals surface area contributed by atoms with Gasteiger partial charge in [0, 0.05) is 6.54 Å². The van der Waals surface area contributed by atoms with Gasteiger partial charge in [-0.05, 0) is 30.7 Å². The molecule has 0 aliphatic rings. The minimum Gasteiger partial charge on any atom is -0.490 e. The van der Waals surface area contributed by atoms with Gasteiger partial charge in [-0.25, -0.2) is 0 Å². The molecule has 1 aromatic carbocycles. The number of hydrogen-bond acceptors (Lipinski definition) is 8. The van der Waals surface area contributed by atoms with E-state index in [1.165, 1.54) is 0 Å². The summed E-state index contributed by atoms with van der Waals surface area (Å²) in [6.07, 6.45) is 0. The van der Waals surface area contributed by atoms with Crippen molar-refractivity contribution in [1.82, 2.24) is 16.0 Å². The largest absolute Gasteiger partial charge is 0.490 e. The lowest BCUT2D eigenvalue weighted by Gasteiger charge is -2.21. The minimum absolute atomic E-state index is 0.0656. The summed E-state index contributed by atoms with van der Waals surface area (Å²) in [6, 6.07) is 4.20. The molecule has 0 spiro atoms. The monoisotopic (exact) mass is 479 g/mol. The van der Waals surface area contributed by atoms with Gasteiger partial charge in [-0.3, -0.25) is 19.2 Å². The van der Waals surface area contributed by atoms with Crippen LogP contribution in [-0.4, -0.2) is 63.0 Å². The molecule has 0 radical (unpaired) electrons. The van der Waals surface area contributed by atoms with E-state index in [-0.39, 0.29) is 56.6 Å². The number of esters is 1. The van der Waals surface area contributed by atoms with E-state index < -0.39 is 17.9 Å². The number of nitrogens with one attached hydrogen (secondary N) is 4. The van der Waals surface area contributed by atoms with E-state index in [1.807, 2.05) is 0 Å². The van der Waals surface area contributed by atoms with Crippen LogP contribution in [0, 0.1) is 11.8 Å². The predicted octanol–water partition coefficient (Wildman–Crippen LogP) is 0.138. The van der Waals surface area contributed by atoms with Gasteiger partial charge in [0.25, 0.3) is 0 Å². The van der Waals surface area contributed by atoms with Crippen molar-refractivity contribution in [1.29, 1.82) is 0 Å². The summed E-state index contributed by atoms with van der Waals surface area (Å²) >= 11 is 0. The van der Waals surface area contributed by atoms with Crippen LogP contribution in [0.25, 0.3) is 0 Å². The van der Waals surface area contributed by atoms with Gasteiger partial charge in [0.2, 0.25) is 17.7 Å². The van der Waals surface area contributed by atoms with Crippen LogP contribution in [-0.2, 0) is 30.5 Å². The van der Waals surface area contributed by atoms with Gasteiger partial charge in [0.15, 0.2) is 0 Å². The number of ether oxygens (including phenoxy) is 2. The lowest BCUT2D eigenvalue weighted by atomic mass is 10.0. The second-order valence-electron chi connectivity index (χ2n) is 8.32. The summed E-state index contributed by atoms with van der Waals surface area (Å²) < 4.78 is 10.9. The van der Waals surface area contributed by atoms with Crippen molar-refractivity contribution in [3.05, 3.63) is 23.8 Å². The smallest absolute Gasteiger partial charge is 0.308 e. The molecule has 190 valence electrons. The quantitative estimate of drug-likeness (QED) is 0.235. The zero-order valence-corrected chi connectivity index (χ0v) is 20.5. The number of carbonyl (C=O) groups is 4. The summed E-state index contributed by atoms with van der Waals surface area (Å²) in [7, 11) is 1.63. The Morgan fingerprint density at radius 1 is 1.03 bits per heavy atom. The summed E-state index contributed by atoms with van der Waals surface area (Å²) in [5.74, 6) is -1.62. The van der Waals surface area contributed by atoms with E-state index in [4.69, 9.17) is 15.2 Å². The Hall–Kier alpha value is -3.18. The van der Waals surface area contributed by atoms with Gasteiger partial charge >= 0.3 is 5.97 Å². The molecule has 3 amide bonds. The maximum absolute atomic E-state index is 12.5. The molecule has 0 aromatic heterocycles. The number of carbonyl (C=O) groups excluding carboxylic acids is 4. The second-order valence-corrected chi connectivity index (χ2v) is 8.32. The van der Waals surface area contributed by atoms with E-state index in [1.54, 1.807) is 52.9 Å². The zero-order chi connectivity index (χ0) is 25.7. The van der Waals surface area contributed by atoms with Crippen molar-refractivity contribution >= 4 is 29.4 Å². The standard InChI is InChI=1S/C23H37N5O6/c1-14(2)21(28-19(29)11-25-5)22(31)26-12-20(30)27-17-7-6-16(10-18(17)33-9-8-24)13-34-23(32)15(3)4/h6-7,10,14-15,21,25H,8-9,11-13,24H2,1-5H3,(H,26,31)(H,27,30)(H,28,29). The third-order valence-corrected chi connectivity index (χ3v) is 4.57. The normalized spacial score (nSPS) is 11.6. The lowest BCUT2D eigenvalue weighted by Crippen LogP contribution is -2.52. The molecule has 11 heteroatoms. The topological polar surface area (TPSA) is 161 Å². The number of benzene rings is 1. The molecule has 1 rings (SSSR count). The Morgan fingerprint density at radius 2 is 1.74 bits per heavy atom. The molecule has 6 N–H and O–H groups in total. The number of nitrogens with two attached hydrogens (primary N) is 1. The average molecular weight is 480 g/mol. The summed E-state index contributed by atoms with van der Waals surface area (Å²) in [5.41, 5.74) is 6.59. The van der Waals surface area contributed by atoms with Gasteiger partial charge in [0.1, 0.15) is 25.0 Å². The molecule has 11 nitrogen and oxygen atoms in total. The number of anilines is 1. The Bertz CT molecular complexity index is 843. The molecule has 34 heavy (non-hydrogen) atoms. The van der Waals surface area contributed by atoms with E-state index in [0.29, 0.717) is 17.0 Å². The average Bonchev–Trinajstić information content (AvgIpc) is 2.78. The van der Waals surface area contributed by atoms with Crippen LogP contribution in [0.15, 0.2) is 18.2 Å². The maximum Gasteiger partial charge on any atom is 0.308 e. The molecule has 0 fully saturated rings. The van der Waals surface area contributed by atoms with Crippen LogP contribution in [0.2, 0.25) is 0 Å².